The molecule has 0 aliphatic carbocycles. The minimum atomic E-state index is -4.02. The zero-order valence-corrected chi connectivity index (χ0v) is 18.7. The van der Waals surface area contributed by atoms with Crippen molar-refractivity contribution in [1.29, 1.82) is 0 Å². The van der Waals surface area contributed by atoms with Crippen LogP contribution in [0.15, 0.2) is 71.6 Å². The van der Waals surface area contributed by atoms with Crippen LogP contribution in [0.25, 0.3) is 0 Å². The van der Waals surface area contributed by atoms with Gasteiger partial charge < -0.3 is 5.32 Å². The molecule has 0 heterocycles. The molecule has 3 aromatic rings. The molecule has 0 saturated carbocycles. The van der Waals surface area contributed by atoms with Crippen LogP contribution >= 0.6 is 23.2 Å². The van der Waals surface area contributed by atoms with Gasteiger partial charge in [0.1, 0.15) is 6.54 Å². The van der Waals surface area contributed by atoms with Gasteiger partial charge in [0.25, 0.3) is 10.0 Å². The van der Waals surface area contributed by atoms with Gasteiger partial charge in [-0.05, 0) is 67.4 Å². The third kappa shape index (κ3) is 5.14. The van der Waals surface area contributed by atoms with Crippen molar-refractivity contribution >= 4 is 50.5 Å². The van der Waals surface area contributed by atoms with E-state index in [9.17, 15) is 13.2 Å². The number of aryl methyl sites for hydroxylation is 2. The summed E-state index contributed by atoms with van der Waals surface area (Å²) in [4.78, 5) is 12.8. The van der Waals surface area contributed by atoms with Crippen LogP contribution in [0.1, 0.15) is 11.1 Å². The Bertz CT molecular complexity index is 1160. The molecule has 0 atom stereocenters. The Morgan fingerprint density at radius 3 is 2.13 bits per heavy atom. The summed E-state index contributed by atoms with van der Waals surface area (Å²) in [7, 11) is -4.02. The van der Waals surface area contributed by atoms with Crippen LogP contribution in [0.4, 0.5) is 11.4 Å². The summed E-state index contributed by atoms with van der Waals surface area (Å²) in [5.41, 5.74) is 2.82. The molecule has 0 saturated heterocycles. The maximum atomic E-state index is 13.3. The first-order chi connectivity index (χ1) is 14.2. The molecule has 1 N–H and O–H groups in total. The van der Waals surface area contributed by atoms with Gasteiger partial charge in [-0.3, -0.25) is 9.10 Å². The zero-order chi connectivity index (χ0) is 21.9. The Kier molecular flexibility index (Phi) is 6.71. The molecule has 8 heteroatoms. The number of carbonyl (C=O) groups excluding carboxylic acids is 1. The second-order valence-corrected chi connectivity index (χ2v) is 9.52. The maximum Gasteiger partial charge on any atom is 0.264 e. The lowest BCUT2D eigenvalue weighted by molar-refractivity contribution is -0.114. The summed E-state index contributed by atoms with van der Waals surface area (Å²) in [6.07, 6.45) is 0. The minimum absolute atomic E-state index is 0.0651. The zero-order valence-electron chi connectivity index (χ0n) is 16.4. The number of nitrogens with zero attached hydrogens (tertiary/aromatic N) is 1. The quantitative estimate of drug-likeness (QED) is 0.529. The van der Waals surface area contributed by atoms with E-state index in [1.54, 1.807) is 18.2 Å². The molecule has 156 valence electrons. The van der Waals surface area contributed by atoms with Gasteiger partial charge in [0.15, 0.2) is 0 Å². The Balaban J connectivity index is 1.97. The van der Waals surface area contributed by atoms with E-state index in [0.717, 1.165) is 15.4 Å². The fourth-order valence-corrected chi connectivity index (χ4v) is 4.78. The second-order valence-electron chi connectivity index (χ2n) is 6.85. The van der Waals surface area contributed by atoms with Crippen molar-refractivity contribution < 1.29 is 13.2 Å². The Morgan fingerprint density at radius 1 is 0.900 bits per heavy atom. The van der Waals surface area contributed by atoms with Gasteiger partial charge >= 0.3 is 0 Å². The van der Waals surface area contributed by atoms with Crippen LogP contribution in [0.2, 0.25) is 10.0 Å². The summed E-state index contributed by atoms with van der Waals surface area (Å²) in [6, 6.07) is 18.0. The van der Waals surface area contributed by atoms with Crippen molar-refractivity contribution in [3.05, 3.63) is 87.9 Å². The summed E-state index contributed by atoms with van der Waals surface area (Å²) >= 11 is 12.1. The summed E-state index contributed by atoms with van der Waals surface area (Å²) in [5.74, 6) is -0.481. The average molecular weight is 463 g/mol. The first-order valence-corrected chi connectivity index (χ1v) is 11.3. The molecule has 1 amide bonds. The van der Waals surface area contributed by atoms with E-state index in [4.69, 9.17) is 23.2 Å². The standard InChI is InChI=1S/C22H20Cl2N2O3S/c1-15-10-16(2)12-17(11-15)25-22(27)14-26(18-8-9-20(23)21(24)13-18)30(28,29)19-6-4-3-5-7-19/h3-13H,14H2,1-2H3,(H,25,27). The molecule has 0 bridgehead atoms. The molecule has 5 nitrogen and oxygen atoms in total. The molecular formula is C22H20Cl2N2O3S. The Morgan fingerprint density at radius 2 is 1.53 bits per heavy atom. The molecule has 3 aromatic carbocycles. The number of amides is 1. The first kappa shape index (κ1) is 22.2. The minimum Gasteiger partial charge on any atom is -0.324 e. The van der Waals surface area contributed by atoms with Crippen LogP contribution in [-0.4, -0.2) is 20.9 Å². The molecule has 0 aliphatic heterocycles. The van der Waals surface area contributed by atoms with Crippen molar-refractivity contribution in [1.82, 2.24) is 0 Å². The van der Waals surface area contributed by atoms with E-state index in [2.05, 4.69) is 5.32 Å². The number of anilines is 2. The predicted octanol–water partition coefficient (Wildman–Crippen LogP) is 5.44. The highest BCUT2D eigenvalue weighted by Crippen LogP contribution is 2.30. The van der Waals surface area contributed by atoms with Gasteiger partial charge in [-0.15, -0.1) is 0 Å². The number of sulfonamides is 1. The number of nitrogens with one attached hydrogen (secondary N) is 1. The number of carbonyl (C=O) groups is 1. The van der Waals surface area contributed by atoms with Gasteiger partial charge in [0, 0.05) is 5.69 Å². The monoisotopic (exact) mass is 462 g/mol. The average Bonchev–Trinajstić information content (AvgIpc) is 2.68. The third-order valence-electron chi connectivity index (χ3n) is 4.32. The Labute approximate surface area is 186 Å². The first-order valence-electron chi connectivity index (χ1n) is 9.08. The highest BCUT2D eigenvalue weighted by Gasteiger charge is 2.27. The number of halogens is 2. The highest BCUT2D eigenvalue weighted by atomic mass is 35.5. The summed E-state index contributed by atoms with van der Waals surface area (Å²) in [5, 5.41) is 3.25. The van der Waals surface area contributed by atoms with E-state index in [1.807, 2.05) is 32.0 Å². The van der Waals surface area contributed by atoms with Crippen LogP contribution < -0.4 is 9.62 Å². The topological polar surface area (TPSA) is 66.5 Å². The lowest BCUT2D eigenvalue weighted by Crippen LogP contribution is -2.38. The SMILES string of the molecule is Cc1cc(C)cc(NC(=O)CN(c2ccc(Cl)c(Cl)c2)S(=O)(=O)c2ccccc2)c1. The fourth-order valence-electron chi connectivity index (χ4n) is 3.05. The largest absolute Gasteiger partial charge is 0.324 e. The van der Waals surface area contributed by atoms with E-state index in [1.165, 1.54) is 30.3 Å². The van der Waals surface area contributed by atoms with E-state index < -0.39 is 22.5 Å². The molecule has 0 aromatic heterocycles. The van der Waals surface area contributed by atoms with Gasteiger partial charge in [0.2, 0.25) is 5.91 Å². The second kappa shape index (κ2) is 9.08. The van der Waals surface area contributed by atoms with Crippen LogP contribution in [0.3, 0.4) is 0 Å². The van der Waals surface area contributed by atoms with Gasteiger partial charge in [-0.2, -0.15) is 0 Å². The molecule has 0 spiro atoms. The summed E-state index contributed by atoms with van der Waals surface area (Å²) < 4.78 is 27.6. The molecule has 3 rings (SSSR count). The molecule has 30 heavy (non-hydrogen) atoms. The summed E-state index contributed by atoms with van der Waals surface area (Å²) in [6.45, 7) is 3.41. The van der Waals surface area contributed by atoms with Gasteiger partial charge in [0.05, 0.1) is 20.6 Å². The molecule has 0 fully saturated rings. The highest BCUT2D eigenvalue weighted by molar-refractivity contribution is 7.92. The van der Waals surface area contributed by atoms with E-state index in [-0.39, 0.29) is 20.6 Å². The number of hydrogen-bond acceptors (Lipinski definition) is 3. The van der Waals surface area contributed by atoms with Crippen LogP contribution in [0, 0.1) is 13.8 Å². The van der Waals surface area contributed by atoms with E-state index in [0.29, 0.717) is 5.69 Å². The smallest absolute Gasteiger partial charge is 0.264 e. The van der Waals surface area contributed by atoms with Crippen molar-refractivity contribution in [3.63, 3.8) is 0 Å². The Hall–Kier alpha value is -2.54. The number of hydrogen-bond donors (Lipinski definition) is 1. The van der Waals surface area contributed by atoms with E-state index >= 15 is 0 Å². The fraction of sp³-hybridized carbons (Fsp3) is 0.136. The van der Waals surface area contributed by atoms with Crippen molar-refractivity contribution in [2.45, 2.75) is 18.7 Å². The van der Waals surface area contributed by atoms with Crippen LogP contribution in [-0.2, 0) is 14.8 Å². The number of benzene rings is 3. The maximum absolute atomic E-state index is 13.3. The lowest BCUT2D eigenvalue weighted by atomic mass is 10.1. The lowest BCUT2D eigenvalue weighted by Gasteiger charge is -2.24. The predicted molar refractivity (Wildman–Crippen MR) is 122 cm³/mol. The van der Waals surface area contributed by atoms with Crippen LogP contribution in [0.5, 0.6) is 0 Å². The van der Waals surface area contributed by atoms with Gasteiger partial charge in [-0.1, -0.05) is 47.5 Å². The normalized spacial score (nSPS) is 11.2. The van der Waals surface area contributed by atoms with Crippen molar-refractivity contribution in [2.75, 3.05) is 16.2 Å². The number of rotatable bonds is 6. The third-order valence-corrected chi connectivity index (χ3v) is 6.84. The molecule has 0 unspecified atom stereocenters. The van der Waals surface area contributed by atoms with Crippen molar-refractivity contribution in [2.24, 2.45) is 0 Å². The molecule has 0 aliphatic rings. The molecule has 0 radical (unpaired) electrons. The van der Waals surface area contributed by atoms with Gasteiger partial charge in [-0.25, -0.2) is 8.42 Å². The van der Waals surface area contributed by atoms with Crippen molar-refractivity contribution in [3.8, 4) is 0 Å². The molecular weight excluding hydrogens is 443 g/mol.